The van der Waals surface area contributed by atoms with Crippen LogP contribution in [0.4, 0.5) is 4.39 Å². The third-order valence-corrected chi connectivity index (χ3v) is 3.27. The van der Waals surface area contributed by atoms with Gasteiger partial charge in [0.2, 0.25) is 0 Å². The van der Waals surface area contributed by atoms with Crippen LogP contribution in [-0.2, 0) is 0 Å². The van der Waals surface area contributed by atoms with E-state index in [0.29, 0.717) is 22.8 Å². The molecule has 1 aliphatic heterocycles. The van der Waals surface area contributed by atoms with E-state index in [1.165, 1.54) is 18.2 Å². The van der Waals surface area contributed by atoms with Crippen molar-refractivity contribution in [3.05, 3.63) is 52.2 Å². The van der Waals surface area contributed by atoms with Gasteiger partial charge in [-0.3, -0.25) is 4.79 Å². The second kappa shape index (κ2) is 4.59. The van der Waals surface area contributed by atoms with Crippen LogP contribution in [0.3, 0.4) is 0 Å². The number of hydrogen-bond donors (Lipinski definition) is 0. The van der Waals surface area contributed by atoms with E-state index >= 15 is 0 Å². The van der Waals surface area contributed by atoms with Crippen LogP contribution in [0.2, 0.25) is 0 Å². The van der Waals surface area contributed by atoms with Crippen molar-refractivity contribution in [3.8, 4) is 5.75 Å². The Bertz CT molecular complexity index is 711. The monoisotopic (exact) mass is 273 g/mol. The largest absolute Gasteiger partial charge is 0.488 e. The van der Waals surface area contributed by atoms with Gasteiger partial charge >= 0.3 is 0 Å². The highest BCUT2D eigenvalue weighted by Gasteiger charge is 2.24. The lowest BCUT2D eigenvalue weighted by Gasteiger charge is -2.18. The van der Waals surface area contributed by atoms with Gasteiger partial charge in [-0.15, -0.1) is 0 Å². The Kier molecular flexibility index (Phi) is 2.89. The van der Waals surface area contributed by atoms with E-state index < -0.39 is 5.82 Å². The van der Waals surface area contributed by atoms with E-state index in [0.717, 1.165) is 5.56 Å². The molecule has 102 valence electrons. The molecule has 0 atom stereocenters. The summed E-state index contributed by atoms with van der Waals surface area (Å²) in [5, 5.41) is 3.83. The van der Waals surface area contributed by atoms with Gasteiger partial charge in [-0.05, 0) is 38.1 Å². The number of benzene rings is 1. The molecule has 0 unspecified atom stereocenters. The van der Waals surface area contributed by atoms with E-state index in [1.54, 1.807) is 19.9 Å². The second-order valence-electron chi connectivity index (χ2n) is 4.67. The van der Waals surface area contributed by atoms with Gasteiger partial charge in [-0.25, -0.2) is 4.39 Å². The minimum atomic E-state index is -0.459. The Morgan fingerprint density at radius 1 is 1.35 bits per heavy atom. The average Bonchev–Trinajstić information content (AvgIpc) is 2.74. The van der Waals surface area contributed by atoms with Gasteiger partial charge in [0.05, 0.1) is 11.3 Å². The van der Waals surface area contributed by atoms with E-state index in [1.807, 2.05) is 0 Å². The van der Waals surface area contributed by atoms with Gasteiger partial charge in [0.15, 0.2) is 5.78 Å². The van der Waals surface area contributed by atoms with Crippen LogP contribution in [-0.4, -0.2) is 17.5 Å². The van der Waals surface area contributed by atoms with Crippen molar-refractivity contribution < 1.29 is 18.4 Å². The lowest BCUT2D eigenvalue weighted by atomic mass is 9.98. The number of rotatable bonds is 1. The highest BCUT2D eigenvalue weighted by molar-refractivity contribution is 6.14. The molecule has 20 heavy (non-hydrogen) atoms. The van der Waals surface area contributed by atoms with Crippen molar-refractivity contribution in [2.75, 3.05) is 6.61 Å². The minimum absolute atomic E-state index is 0.154. The molecule has 5 heteroatoms. The minimum Gasteiger partial charge on any atom is -0.488 e. The molecular weight excluding hydrogens is 261 g/mol. The maximum atomic E-state index is 13.2. The quantitative estimate of drug-likeness (QED) is 0.749. The first-order valence-corrected chi connectivity index (χ1v) is 6.17. The van der Waals surface area contributed by atoms with E-state index in [-0.39, 0.29) is 18.0 Å². The second-order valence-corrected chi connectivity index (χ2v) is 4.67. The zero-order chi connectivity index (χ0) is 14.3. The molecule has 0 fully saturated rings. The highest BCUT2D eigenvalue weighted by atomic mass is 19.1. The van der Waals surface area contributed by atoms with Crippen LogP contribution in [0.5, 0.6) is 5.75 Å². The van der Waals surface area contributed by atoms with Crippen molar-refractivity contribution in [1.29, 1.82) is 0 Å². The standard InChI is InChI=1S/C15H12FNO3/c1-8-12(9(2)20-17-8)5-10-7-19-14-4-3-11(16)6-13(14)15(10)18/h3-6H,7H2,1-2H3/b10-5+. The molecule has 0 saturated heterocycles. The molecule has 3 rings (SSSR count). The maximum absolute atomic E-state index is 13.2. The van der Waals surface area contributed by atoms with E-state index in [9.17, 15) is 9.18 Å². The molecule has 1 aromatic carbocycles. The van der Waals surface area contributed by atoms with Crippen molar-refractivity contribution in [1.82, 2.24) is 5.16 Å². The molecular formula is C15H12FNO3. The summed E-state index contributed by atoms with van der Waals surface area (Å²) in [6.07, 6.45) is 1.69. The molecule has 0 aliphatic carbocycles. The summed E-state index contributed by atoms with van der Waals surface area (Å²) < 4.78 is 23.8. The molecule has 4 nitrogen and oxygen atoms in total. The molecule has 0 bridgehead atoms. The Balaban J connectivity index is 2.04. The summed E-state index contributed by atoms with van der Waals surface area (Å²) in [4.78, 5) is 12.4. The summed E-state index contributed by atoms with van der Waals surface area (Å²) >= 11 is 0. The van der Waals surface area contributed by atoms with Crippen LogP contribution >= 0.6 is 0 Å². The van der Waals surface area contributed by atoms with Gasteiger partial charge in [0.25, 0.3) is 0 Å². The summed E-state index contributed by atoms with van der Waals surface area (Å²) in [5.74, 6) is 0.352. The molecule has 1 aliphatic rings. The summed E-state index contributed by atoms with van der Waals surface area (Å²) in [7, 11) is 0. The Labute approximate surface area is 114 Å². The fourth-order valence-electron chi connectivity index (χ4n) is 2.18. The molecule has 0 spiro atoms. The Morgan fingerprint density at radius 3 is 2.85 bits per heavy atom. The third kappa shape index (κ3) is 2.01. The fourth-order valence-corrected chi connectivity index (χ4v) is 2.18. The van der Waals surface area contributed by atoms with Gasteiger partial charge in [0.1, 0.15) is 23.9 Å². The number of carbonyl (C=O) groups is 1. The van der Waals surface area contributed by atoms with Gasteiger partial charge in [-0.2, -0.15) is 0 Å². The predicted molar refractivity (Wildman–Crippen MR) is 70.2 cm³/mol. The number of ketones is 1. The lowest BCUT2D eigenvalue weighted by Crippen LogP contribution is -2.19. The molecule has 2 heterocycles. The number of carbonyl (C=O) groups excluding carboxylic acids is 1. The first-order valence-electron chi connectivity index (χ1n) is 6.17. The van der Waals surface area contributed by atoms with Gasteiger partial charge in [-0.1, -0.05) is 5.16 Å². The zero-order valence-corrected chi connectivity index (χ0v) is 11.1. The summed E-state index contributed by atoms with van der Waals surface area (Å²) in [6, 6.07) is 3.93. The number of halogens is 1. The number of nitrogens with zero attached hydrogens (tertiary/aromatic N) is 1. The normalized spacial score (nSPS) is 16.1. The smallest absolute Gasteiger partial charge is 0.196 e. The molecule has 0 radical (unpaired) electrons. The molecule has 0 amide bonds. The SMILES string of the molecule is Cc1noc(C)c1/C=C1\COc2ccc(F)cc2C1=O. The number of Topliss-reactive ketones (excluding diaryl/α,β-unsaturated/α-hetero) is 1. The van der Waals surface area contributed by atoms with Crippen molar-refractivity contribution in [2.45, 2.75) is 13.8 Å². The highest BCUT2D eigenvalue weighted by Crippen LogP contribution is 2.29. The van der Waals surface area contributed by atoms with Crippen molar-refractivity contribution >= 4 is 11.9 Å². The first kappa shape index (κ1) is 12.6. The van der Waals surface area contributed by atoms with Gasteiger partial charge in [0, 0.05) is 11.1 Å². The number of hydrogen-bond acceptors (Lipinski definition) is 4. The number of aryl methyl sites for hydroxylation is 2. The van der Waals surface area contributed by atoms with Gasteiger partial charge < -0.3 is 9.26 Å². The lowest BCUT2D eigenvalue weighted by molar-refractivity contribution is 0.100. The number of fused-ring (bicyclic) bond motifs is 1. The maximum Gasteiger partial charge on any atom is 0.196 e. The summed E-state index contributed by atoms with van der Waals surface area (Å²) in [6.45, 7) is 3.72. The average molecular weight is 273 g/mol. The van der Waals surface area contributed by atoms with Crippen LogP contribution < -0.4 is 4.74 Å². The topological polar surface area (TPSA) is 52.3 Å². The molecule has 0 saturated carbocycles. The van der Waals surface area contributed by atoms with Crippen LogP contribution in [0.25, 0.3) is 6.08 Å². The number of aromatic nitrogens is 1. The van der Waals surface area contributed by atoms with E-state index in [4.69, 9.17) is 9.26 Å². The predicted octanol–water partition coefficient (Wildman–Crippen LogP) is 3.09. The number of ether oxygens (including phenoxy) is 1. The van der Waals surface area contributed by atoms with Crippen molar-refractivity contribution in [2.24, 2.45) is 0 Å². The molecule has 0 N–H and O–H groups in total. The van der Waals surface area contributed by atoms with Crippen LogP contribution in [0.1, 0.15) is 27.4 Å². The van der Waals surface area contributed by atoms with Crippen molar-refractivity contribution in [3.63, 3.8) is 0 Å². The fraction of sp³-hybridized carbons (Fsp3) is 0.200. The molecule has 2 aromatic rings. The van der Waals surface area contributed by atoms with Crippen LogP contribution in [0, 0.1) is 19.7 Å². The van der Waals surface area contributed by atoms with Crippen LogP contribution in [0.15, 0.2) is 28.3 Å². The van der Waals surface area contributed by atoms with E-state index in [2.05, 4.69) is 5.16 Å². The third-order valence-electron chi connectivity index (χ3n) is 3.27. The molecule has 1 aromatic heterocycles. The summed E-state index contributed by atoms with van der Waals surface area (Å²) in [5.41, 5.74) is 2.16. The zero-order valence-electron chi connectivity index (χ0n) is 11.1. The first-order chi connectivity index (χ1) is 9.56. The Hall–Kier alpha value is -2.43. The Morgan fingerprint density at radius 2 is 2.15 bits per heavy atom.